The Kier molecular flexibility index (Phi) is 18.0. The monoisotopic (exact) mass is 564 g/mol. The highest BCUT2D eigenvalue weighted by Crippen LogP contribution is 2.07. The molecule has 0 rings (SSSR count). The van der Waals surface area contributed by atoms with Gasteiger partial charge in [0.25, 0.3) is 0 Å². The van der Waals surface area contributed by atoms with E-state index in [4.69, 9.17) is 14.9 Å². The number of aliphatic carboxylic acids is 5. The third-order valence-electron chi connectivity index (χ3n) is 5.32. The summed E-state index contributed by atoms with van der Waals surface area (Å²) in [5.74, 6) is -6.63. The van der Waals surface area contributed by atoms with Crippen LogP contribution < -0.4 is 5.32 Å². The van der Waals surface area contributed by atoms with Crippen molar-refractivity contribution in [2.45, 2.75) is 32.7 Å². The number of carbonyl (C=O) groups excluding carboxylic acids is 1. The lowest BCUT2D eigenvalue weighted by atomic mass is 10.2. The van der Waals surface area contributed by atoms with Crippen LogP contribution in [0.3, 0.4) is 0 Å². The van der Waals surface area contributed by atoms with Crippen molar-refractivity contribution in [2.75, 3.05) is 72.1 Å². The maximum atomic E-state index is 11.6. The number of nitrogens with one attached hydrogen (secondary N) is 1. The molecule has 0 radical (unpaired) electrons. The van der Waals surface area contributed by atoms with E-state index in [0.29, 0.717) is 19.4 Å². The molecule has 1 atom stereocenters. The third kappa shape index (κ3) is 19.4. The van der Waals surface area contributed by atoms with E-state index >= 15 is 0 Å². The summed E-state index contributed by atoms with van der Waals surface area (Å²) in [5.41, 5.74) is 0. The summed E-state index contributed by atoms with van der Waals surface area (Å²) < 4.78 is 5.65. The Balaban J connectivity index is 5.42. The van der Waals surface area contributed by atoms with Crippen molar-refractivity contribution >= 4 is 35.8 Å². The molecule has 0 spiro atoms. The molecular formula is C23H40N4O12. The number of unbranched alkanes of at least 4 members (excludes halogenated alkanes) is 1. The van der Waals surface area contributed by atoms with Crippen LogP contribution in [-0.4, -0.2) is 154 Å². The minimum absolute atomic E-state index is 0.0854. The van der Waals surface area contributed by atoms with Crippen LogP contribution in [0.1, 0.15) is 26.7 Å². The van der Waals surface area contributed by atoms with E-state index in [-0.39, 0.29) is 44.7 Å². The summed E-state index contributed by atoms with van der Waals surface area (Å²) in [5, 5.41) is 48.7. The van der Waals surface area contributed by atoms with E-state index in [1.165, 1.54) is 4.90 Å². The van der Waals surface area contributed by atoms with Crippen LogP contribution in [0.15, 0.2) is 0 Å². The minimum Gasteiger partial charge on any atom is -0.480 e. The van der Waals surface area contributed by atoms with Crippen LogP contribution in [0.4, 0.5) is 0 Å². The Hall–Kier alpha value is -3.34. The molecular weight excluding hydrogens is 524 g/mol. The summed E-state index contributed by atoms with van der Waals surface area (Å²) in [6.07, 6.45) is 1.15. The van der Waals surface area contributed by atoms with Gasteiger partial charge in [-0.05, 0) is 12.8 Å². The van der Waals surface area contributed by atoms with E-state index in [1.54, 1.807) is 13.8 Å². The number of hydrogen-bond acceptors (Lipinski definition) is 10. The number of ether oxygens (including phenoxy) is 1. The molecule has 6 N–H and O–H groups in total. The SMILES string of the molecule is CC(C)C(=O)NCCCCOCC(CN(CCN(CC(=O)O)CC(=O)O)CC(=O)O)N(CC(=O)O)CC(=O)O. The first-order chi connectivity index (χ1) is 18.2. The Morgan fingerprint density at radius 2 is 1.15 bits per heavy atom. The fourth-order valence-corrected chi connectivity index (χ4v) is 3.50. The predicted octanol–water partition coefficient (Wildman–Crippen LogP) is -1.75. The molecule has 0 bridgehead atoms. The predicted molar refractivity (Wildman–Crippen MR) is 134 cm³/mol. The minimum atomic E-state index is -1.30. The first-order valence-electron chi connectivity index (χ1n) is 12.3. The Bertz CT molecular complexity index is 791. The normalized spacial score (nSPS) is 12.2. The number of hydrogen-bond donors (Lipinski definition) is 6. The van der Waals surface area contributed by atoms with Gasteiger partial charge in [-0.25, -0.2) is 0 Å². The molecule has 16 heteroatoms. The van der Waals surface area contributed by atoms with Crippen LogP contribution in [0.5, 0.6) is 0 Å². The number of rotatable bonds is 24. The molecule has 0 aliphatic heterocycles. The maximum Gasteiger partial charge on any atom is 0.317 e. The number of amides is 1. The highest BCUT2D eigenvalue weighted by atomic mass is 16.5. The Labute approximate surface area is 226 Å². The van der Waals surface area contributed by atoms with Crippen LogP contribution >= 0.6 is 0 Å². The van der Waals surface area contributed by atoms with E-state index in [9.17, 15) is 44.1 Å². The van der Waals surface area contributed by atoms with Gasteiger partial charge < -0.3 is 35.6 Å². The summed E-state index contributed by atoms with van der Waals surface area (Å²) in [6.45, 7) is 0.622. The molecule has 16 nitrogen and oxygen atoms in total. The van der Waals surface area contributed by atoms with Crippen LogP contribution in [0.25, 0.3) is 0 Å². The zero-order chi connectivity index (χ0) is 30.0. The highest BCUT2D eigenvalue weighted by Gasteiger charge is 2.27. The van der Waals surface area contributed by atoms with Gasteiger partial charge in [0.05, 0.1) is 39.3 Å². The molecule has 0 aromatic heterocycles. The van der Waals surface area contributed by atoms with Gasteiger partial charge in [-0.1, -0.05) is 13.8 Å². The molecule has 0 aliphatic carbocycles. The molecule has 0 saturated carbocycles. The Morgan fingerprint density at radius 3 is 1.62 bits per heavy atom. The zero-order valence-electron chi connectivity index (χ0n) is 22.3. The molecule has 39 heavy (non-hydrogen) atoms. The first-order valence-corrected chi connectivity index (χ1v) is 12.3. The second kappa shape index (κ2) is 19.7. The van der Waals surface area contributed by atoms with Gasteiger partial charge >= 0.3 is 29.8 Å². The van der Waals surface area contributed by atoms with E-state index in [0.717, 1.165) is 9.80 Å². The number of carboxylic acids is 5. The maximum absolute atomic E-state index is 11.6. The lowest BCUT2D eigenvalue weighted by Crippen LogP contribution is -2.52. The van der Waals surface area contributed by atoms with Crippen LogP contribution in [0.2, 0.25) is 0 Å². The van der Waals surface area contributed by atoms with E-state index in [1.807, 2.05) is 0 Å². The van der Waals surface area contributed by atoms with Gasteiger partial charge in [-0.2, -0.15) is 0 Å². The first kappa shape index (κ1) is 35.7. The number of carbonyl (C=O) groups is 6. The molecule has 1 amide bonds. The molecule has 0 fully saturated rings. The van der Waals surface area contributed by atoms with Crippen LogP contribution in [-0.2, 0) is 33.5 Å². The van der Waals surface area contributed by atoms with Gasteiger partial charge in [-0.15, -0.1) is 0 Å². The van der Waals surface area contributed by atoms with Gasteiger partial charge in [-0.3, -0.25) is 43.5 Å². The summed E-state index contributed by atoms with van der Waals surface area (Å²) >= 11 is 0. The standard InChI is InChI=1S/C23H40N4O12/c1-16(2)23(38)24-5-3-4-8-39-15-17(27(13-21(34)35)14-22(36)37)9-25(10-18(28)29)6-7-26(11-19(30)31)12-20(32)33/h16-17H,3-15H2,1-2H3,(H,24,38)(H,28,29)(H,30,31)(H,32,33)(H,34,35)(H,36,37). The average molecular weight is 565 g/mol. The summed E-state index contributed by atoms with van der Waals surface area (Å²) in [4.78, 5) is 71.5. The van der Waals surface area contributed by atoms with Crippen LogP contribution in [0, 0.1) is 5.92 Å². The van der Waals surface area contributed by atoms with Crippen molar-refractivity contribution in [1.82, 2.24) is 20.0 Å². The summed E-state index contributed by atoms with van der Waals surface area (Å²) in [6, 6.07) is -0.871. The topological polar surface area (TPSA) is 235 Å². The fraction of sp³-hybridized carbons (Fsp3) is 0.739. The van der Waals surface area contributed by atoms with Crippen molar-refractivity contribution < 1.29 is 59.0 Å². The van der Waals surface area contributed by atoms with Gasteiger partial charge in [0.2, 0.25) is 5.91 Å². The van der Waals surface area contributed by atoms with Crippen molar-refractivity contribution in [3.05, 3.63) is 0 Å². The zero-order valence-corrected chi connectivity index (χ0v) is 22.3. The van der Waals surface area contributed by atoms with Gasteiger partial charge in [0.15, 0.2) is 0 Å². The summed E-state index contributed by atoms with van der Waals surface area (Å²) in [7, 11) is 0. The third-order valence-corrected chi connectivity index (χ3v) is 5.32. The van der Waals surface area contributed by atoms with E-state index < -0.39 is 68.6 Å². The van der Waals surface area contributed by atoms with E-state index in [2.05, 4.69) is 5.32 Å². The fourth-order valence-electron chi connectivity index (χ4n) is 3.50. The second-order valence-corrected chi connectivity index (χ2v) is 9.20. The molecule has 0 aromatic carbocycles. The number of nitrogens with zero attached hydrogens (tertiary/aromatic N) is 3. The largest absolute Gasteiger partial charge is 0.480 e. The lowest BCUT2D eigenvalue weighted by molar-refractivity contribution is -0.145. The molecule has 224 valence electrons. The van der Waals surface area contributed by atoms with Crippen molar-refractivity contribution in [1.29, 1.82) is 0 Å². The molecule has 1 unspecified atom stereocenters. The lowest BCUT2D eigenvalue weighted by Gasteiger charge is -2.34. The average Bonchev–Trinajstić information content (AvgIpc) is 2.78. The molecule has 0 aliphatic rings. The quantitative estimate of drug-likeness (QED) is 0.0713. The molecule has 0 heterocycles. The smallest absolute Gasteiger partial charge is 0.317 e. The van der Waals surface area contributed by atoms with Gasteiger partial charge in [0.1, 0.15) is 0 Å². The highest BCUT2D eigenvalue weighted by molar-refractivity contribution is 5.77. The number of carboxylic acid groups (broad SMARTS) is 5. The van der Waals surface area contributed by atoms with Gasteiger partial charge in [0, 0.05) is 44.7 Å². The van der Waals surface area contributed by atoms with Crippen molar-refractivity contribution in [3.8, 4) is 0 Å². The van der Waals surface area contributed by atoms with Crippen molar-refractivity contribution in [2.24, 2.45) is 5.92 Å². The van der Waals surface area contributed by atoms with Crippen molar-refractivity contribution in [3.63, 3.8) is 0 Å². The Morgan fingerprint density at radius 1 is 0.692 bits per heavy atom. The second-order valence-electron chi connectivity index (χ2n) is 9.20. The molecule has 0 saturated heterocycles. The molecule has 0 aromatic rings.